The van der Waals surface area contributed by atoms with Crippen molar-refractivity contribution in [2.45, 2.75) is 57.0 Å². The molecule has 1 amide bonds. The molecule has 2 unspecified atom stereocenters. The number of nitrogens with one attached hydrogen (secondary N) is 2. The van der Waals surface area contributed by atoms with Crippen molar-refractivity contribution >= 4 is 29.2 Å². The second kappa shape index (κ2) is 10.9. The van der Waals surface area contributed by atoms with Gasteiger partial charge in [0.15, 0.2) is 0 Å². The van der Waals surface area contributed by atoms with Crippen LogP contribution < -0.4 is 10.6 Å². The van der Waals surface area contributed by atoms with E-state index in [0.29, 0.717) is 24.1 Å². The highest BCUT2D eigenvalue weighted by Gasteiger charge is 2.40. The molecule has 0 radical (unpaired) electrons. The Morgan fingerprint density at radius 1 is 1.13 bits per heavy atom. The van der Waals surface area contributed by atoms with Gasteiger partial charge in [-0.2, -0.15) is 0 Å². The normalized spacial score (nSPS) is 23.1. The standard InChI is InChI=1S/C18H26N2O2S.C4H4O4/c1-11-14(15-8-16(15)19-10-12-2-3-12)9-17(23-11)18(21)20-13-4-6-22-7-5-13;5-3(6)1-2-4(7)8/h9,12-13,15-16,19H,2-8,10H2,1H3,(H,20,21);1-2H,(H,5,6)(H,7,8)/b;2-1+. The number of hydrogen-bond donors (Lipinski definition) is 4. The maximum absolute atomic E-state index is 12.5. The van der Waals surface area contributed by atoms with Gasteiger partial charge in [-0.05, 0) is 63.1 Å². The first-order chi connectivity index (χ1) is 14.8. The van der Waals surface area contributed by atoms with Gasteiger partial charge in [-0.1, -0.05) is 0 Å². The maximum atomic E-state index is 12.5. The summed E-state index contributed by atoms with van der Waals surface area (Å²) in [5.74, 6) is -0.866. The summed E-state index contributed by atoms with van der Waals surface area (Å²) in [6.45, 7) is 4.86. The number of aryl methyl sites for hydroxylation is 1. The molecule has 2 atom stereocenters. The molecule has 31 heavy (non-hydrogen) atoms. The number of amides is 1. The van der Waals surface area contributed by atoms with Crippen LogP contribution in [0.5, 0.6) is 0 Å². The quantitative estimate of drug-likeness (QED) is 0.449. The van der Waals surface area contributed by atoms with Crippen LogP contribution in [0.4, 0.5) is 0 Å². The molecule has 4 rings (SSSR count). The van der Waals surface area contributed by atoms with Crippen molar-refractivity contribution in [3.05, 3.63) is 33.5 Å². The van der Waals surface area contributed by atoms with Crippen LogP contribution in [0, 0.1) is 12.8 Å². The fourth-order valence-electron chi connectivity index (χ4n) is 3.62. The zero-order chi connectivity index (χ0) is 22.4. The predicted octanol–water partition coefficient (Wildman–Crippen LogP) is 2.53. The van der Waals surface area contributed by atoms with Gasteiger partial charge < -0.3 is 25.6 Å². The zero-order valence-corrected chi connectivity index (χ0v) is 18.5. The van der Waals surface area contributed by atoms with Gasteiger partial charge in [-0.15, -0.1) is 11.3 Å². The first-order valence-electron chi connectivity index (χ1n) is 10.7. The number of hydrogen-bond acceptors (Lipinski definition) is 6. The largest absolute Gasteiger partial charge is 0.478 e. The number of carboxylic acids is 2. The van der Waals surface area contributed by atoms with Crippen molar-refractivity contribution < 1.29 is 29.3 Å². The van der Waals surface area contributed by atoms with E-state index in [0.717, 1.165) is 36.9 Å². The Bertz CT molecular complexity index is 810. The van der Waals surface area contributed by atoms with Crippen molar-refractivity contribution in [3.8, 4) is 0 Å². The molecule has 0 spiro atoms. The van der Waals surface area contributed by atoms with Crippen molar-refractivity contribution in [2.24, 2.45) is 5.92 Å². The number of thiophene rings is 1. The molecule has 2 aliphatic carbocycles. The number of ether oxygens (including phenoxy) is 1. The second-order valence-electron chi connectivity index (χ2n) is 8.29. The van der Waals surface area contributed by atoms with Gasteiger partial charge in [0, 0.05) is 48.2 Å². The Kier molecular flexibility index (Phi) is 8.22. The van der Waals surface area contributed by atoms with Gasteiger partial charge in [0.1, 0.15) is 0 Å². The molecule has 4 N–H and O–H groups in total. The Morgan fingerprint density at radius 2 is 1.77 bits per heavy atom. The van der Waals surface area contributed by atoms with Gasteiger partial charge in [0.05, 0.1) is 4.88 Å². The molecule has 2 heterocycles. The maximum Gasteiger partial charge on any atom is 0.328 e. The molecule has 0 bridgehead atoms. The Hall–Kier alpha value is -2.23. The second-order valence-corrected chi connectivity index (χ2v) is 9.55. The Labute approximate surface area is 185 Å². The molecule has 1 aromatic rings. The summed E-state index contributed by atoms with van der Waals surface area (Å²) < 4.78 is 5.35. The van der Waals surface area contributed by atoms with Crippen LogP contribution in [0.3, 0.4) is 0 Å². The van der Waals surface area contributed by atoms with Crippen LogP contribution in [-0.2, 0) is 14.3 Å². The minimum absolute atomic E-state index is 0.0967. The van der Waals surface area contributed by atoms with E-state index in [1.54, 1.807) is 11.3 Å². The van der Waals surface area contributed by atoms with Gasteiger partial charge in [0.25, 0.3) is 5.91 Å². The average molecular weight is 451 g/mol. The van der Waals surface area contributed by atoms with Gasteiger partial charge in [-0.25, -0.2) is 9.59 Å². The molecule has 1 saturated heterocycles. The number of rotatable bonds is 8. The fourth-order valence-corrected chi connectivity index (χ4v) is 4.62. The summed E-state index contributed by atoms with van der Waals surface area (Å²) in [7, 11) is 0. The molecule has 1 aliphatic heterocycles. The molecule has 8 nitrogen and oxygen atoms in total. The van der Waals surface area contributed by atoms with Crippen LogP contribution in [-0.4, -0.2) is 59.9 Å². The predicted molar refractivity (Wildman–Crippen MR) is 117 cm³/mol. The zero-order valence-electron chi connectivity index (χ0n) is 17.6. The molecule has 0 aromatic carbocycles. The van der Waals surface area contributed by atoms with E-state index in [1.807, 2.05) is 0 Å². The van der Waals surface area contributed by atoms with E-state index in [4.69, 9.17) is 14.9 Å². The summed E-state index contributed by atoms with van der Waals surface area (Å²) in [4.78, 5) is 33.8. The summed E-state index contributed by atoms with van der Waals surface area (Å²) in [6.07, 6.45) is 7.00. The third-order valence-electron chi connectivity index (χ3n) is 5.66. The average Bonchev–Trinajstić information content (AvgIpc) is 3.65. The monoisotopic (exact) mass is 450 g/mol. The molecule has 1 aromatic heterocycles. The molecule has 9 heteroatoms. The molecular weight excluding hydrogens is 420 g/mol. The highest BCUT2D eigenvalue weighted by molar-refractivity contribution is 7.14. The SMILES string of the molecule is Cc1sc(C(=O)NC2CCOCC2)cc1C1CC1NCC1CC1.O=C(O)/C=C/C(=O)O. The van der Waals surface area contributed by atoms with E-state index < -0.39 is 11.9 Å². The van der Waals surface area contributed by atoms with Crippen molar-refractivity contribution in [3.63, 3.8) is 0 Å². The van der Waals surface area contributed by atoms with E-state index in [9.17, 15) is 14.4 Å². The van der Waals surface area contributed by atoms with E-state index in [2.05, 4.69) is 23.6 Å². The lowest BCUT2D eigenvalue weighted by Gasteiger charge is -2.22. The smallest absolute Gasteiger partial charge is 0.328 e. The summed E-state index contributed by atoms with van der Waals surface area (Å²) in [5.41, 5.74) is 1.39. The van der Waals surface area contributed by atoms with E-state index >= 15 is 0 Å². The van der Waals surface area contributed by atoms with Gasteiger partial charge in [-0.3, -0.25) is 4.79 Å². The third-order valence-corrected chi connectivity index (χ3v) is 6.73. The first kappa shape index (κ1) is 23.4. The molecule has 3 aliphatic rings. The van der Waals surface area contributed by atoms with Gasteiger partial charge in [0.2, 0.25) is 0 Å². The number of aliphatic carboxylic acids is 2. The summed E-state index contributed by atoms with van der Waals surface area (Å²) >= 11 is 1.65. The lowest BCUT2D eigenvalue weighted by atomic mass is 10.1. The van der Waals surface area contributed by atoms with Crippen LogP contribution in [0.2, 0.25) is 0 Å². The third kappa shape index (κ3) is 7.75. The molecule has 3 fully saturated rings. The minimum atomic E-state index is -1.26. The first-order valence-corrected chi connectivity index (χ1v) is 11.5. The Balaban J connectivity index is 0.000000293. The fraction of sp³-hybridized carbons (Fsp3) is 0.591. The van der Waals surface area contributed by atoms with Crippen LogP contribution in [0.15, 0.2) is 18.2 Å². The van der Waals surface area contributed by atoms with Gasteiger partial charge >= 0.3 is 11.9 Å². The number of carbonyl (C=O) groups excluding carboxylic acids is 1. The van der Waals surface area contributed by atoms with Crippen LogP contribution in [0.1, 0.15) is 58.1 Å². The van der Waals surface area contributed by atoms with Crippen molar-refractivity contribution in [1.29, 1.82) is 0 Å². The van der Waals surface area contributed by atoms with Crippen LogP contribution >= 0.6 is 11.3 Å². The highest BCUT2D eigenvalue weighted by atomic mass is 32.1. The van der Waals surface area contributed by atoms with E-state index in [1.165, 1.54) is 36.2 Å². The molecule has 2 saturated carbocycles. The summed E-state index contributed by atoms with van der Waals surface area (Å²) in [5, 5.41) is 22.5. The molecule has 170 valence electrons. The lowest BCUT2D eigenvalue weighted by molar-refractivity contribution is -0.134. The van der Waals surface area contributed by atoms with Crippen molar-refractivity contribution in [1.82, 2.24) is 10.6 Å². The number of carboxylic acid groups (broad SMARTS) is 2. The lowest BCUT2D eigenvalue weighted by Crippen LogP contribution is -2.38. The van der Waals surface area contributed by atoms with Crippen molar-refractivity contribution in [2.75, 3.05) is 19.8 Å². The topological polar surface area (TPSA) is 125 Å². The number of carbonyl (C=O) groups is 3. The van der Waals surface area contributed by atoms with Crippen LogP contribution in [0.25, 0.3) is 0 Å². The van der Waals surface area contributed by atoms with E-state index in [-0.39, 0.29) is 11.9 Å². The summed E-state index contributed by atoms with van der Waals surface area (Å²) in [6, 6.07) is 3.05. The highest BCUT2D eigenvalue weighted by Crippen LogP contribution is 2.45. The Morgan fingerprint density at radius 3 is 2.35 bits per heavy atom. The minimum Gasteiger partial charge on any atom is -0.478 e. The molecular formula is C22H30N2O6S.